The van der Waals surface area contributed by atoms with Gasteiger partial charge in [0.05, 0.1) is 12.1 Å². The Bertz CT molecular complexity index is 843. The molecule has 2 heterocycles. The highest BCUT2D eigenvalue weighted by Gasteiger charge is 2.46. The SMILES string of the molecule is CC(=O)N[C@H]1[C@H](O)[C@H](O)[C@H](CO)O[C@@H]1n1c(=O)oc2ccc(C)cc21. The fourth-order valence-corrected chi connectivity index (χ4v) is 3.09. The quantitative estimate of drug-likeness (QED) is 0.558. The van der Waals surface area contributed by atoms with Crippen LogP contribution in [0.25, 0.3) is 11.1 Å². The second-order valence-electron chi connectivity index (χ2n) is 6.16. The summed E-state index contributed by atoms with van der Waals surface area (Å²) in [5.74, 6) is -1.20. The molecular formula is C16H20N2O7. The first-order chi connectivity index (χ1) is 11.8. The fraction of sp³-hybridized carbons (Fsp3) is 0.500. The second kappa shape index (κ2) is 6.60. The van der Waals surface area contributed by atoms with E-state index >= 15 is 0 Å². The average molecular weight is 352 g/mol. The molecule has 1 saturated heterocycles. The van der Waals surface area contributed by atoms with E-state index in [0.717, 1.165) is 5.56 Å². The predicted molar refractivity (Wildman–Crippen MR) is 85.8 cm³/mol. The highest BCUT2D eigenvalue weighted by molar-refractivity contribution is 5.75. The van der Waals surface area contributed by atoms with Gasteiger partial charge in [-0.15, -0.1) is 0 Å². The van der Waals surface area contributed by atoms with E-state index < -0.39 is 48.9 Å². The lowest BCUT2D eigenvalue weighted by molar-refractivity contribution is -0.216. The molecule has 1 amide bonds. The van der Waals surface area contributed by atoms with Crippen LogP contribution in [0.4, 0.5) is 0 Å². The van der Waals surface area contributed by atoms with Gasteiger partial charge in [-0.25, -0.2) is 9.36 Å². The number of hydrogen-bond donors (Lipinski definition) is 4. The third-order valence-corrected chi connectivity index (χ3v) is 4.29. The van der Waals surface area contributed by atoms with Crippen molar-refractivity contribution in [1.29, 1.82) is 0 Å². The second-order valence-corrected chi connectivity index (χ2v) is 6.16. The van der Waals surface area contributed by atoms with Gasteiger partial charge in [0.1, 0.15) is 24.4 Å². The van der Waals surface area contributed by atoms with Gasteiger partial charge in [-0.1, -0.05) is 6.07 Å². The number of amides is 1. The number of ether oxygens (including phenoxy) is 1. The number of hydrogen-bond acceptors (Lipinski definition) is 7. The number of carbonyl (C=O) groups is 1. The van der Waals surface area contributed by atoms with Gasteiger partial charge in [-0.2, -0.15) is 0 Å². The number of carbonyl (C=O) groups excluding carboxylic acids is 1. The number of rotatable bonds is 3. The van der Waals surface area contributed by atoms with E-state index in [1.165, 1.54) is 11.5 Å². The lowest BCUT2D eigenvalue weighted by atomic mass is 9.95. The summed E-state index contributed by atoms with van der Waals surface area (Å²) < 4.78 is 12.0. The molecule has 1 aliphatic heterocycles. The molecular weight excluding hydrogens is 332 g/mol. The summed E-state index contributed by atoms with van der Waals surface area (Å²) in [7, 11) is 0. The minimum Gasteiger partial charge on any atom is -0.408 e. The van der Waals surface area contributed by atoms with Crippen LogP contribution < -0.4 is 11.1 Å². The van der Waals surface area contributed by atoms with Gasteiger partial charge in [0, 0.05) is 6.92 Å². The van der Waals surface area contributed by atoms with Crippen LogP contribution in [0.3, 0.4) is 0 Å². The summed E-state index contributed by atoms with van der Waals surface area (Å²) in [4.78, 5) is 23.9. The number of fused-ring (bicyclic) bond motifs is 1. The van der Waals surface area contributed by atoms with Gasteiger partial charge in [-0.05, 0) is 24.6 Å². The zero-order valence-corrected chi connectivity index (χ0v) is 13.7. The molecule has 0 aliphatic carbocycles. The first-order valence-corrected chi connectivity index (χ1v) is 7.84. The van der Waals surface area contributed by atoms with E-state index in [1.807, 2.05) is 6.92 Å². The van der Waals surface area contributed by atoms with Crippen LogP contribution in [0.2, 0.25) is 0 Å². The summed E-state index contributed by atoms with van der Waals surface area (Å²) in [6, 6.07) is 4.01. The highest BCUT2D eigenvalue weighted by Crippen LogP contribution is 2.30. The number of oxazole rings is 1. The number of aliphatic hydroxyl groups excluding tert-OH is 3. The van der Waals surface area contributed by atoms with Crippen molar-refractivity contribution >= 4 is 17.0 Å². The van der Waals surface area contributed by atoms with E-state index in [9.17, 15) is 24.9 Å². The maximum atomic E-state index is 12.4. The molecule has 3 rings (SSSR count). The minimum atomic E-state index is -1.44. The van der Waals surface area contributed by atoms with Gasteiger partial charge in [0.15, 0.2) is 11.8 Å². The molecule has 0 radical (unpaired) electrons. The number of aryl methyl sites for hydroxylation is 1. The van der Waals surface area contributed by atoms with Crippen molar-refractivity contribution in [1.82, 2.24) is 9.88 Å². The van der Waals surface area contributed by atoms with Gasteiger partial charge >= 0.3 is 5.76 Å². The molecule has 25 heavy (non-hydrogen) atoms. The monoisotopic (exact) mass is 352 g/mol. The van der Waals surface area contributed by atoms with Gasteiger partial charge in [0.25, 0.3) is 0 Å². The summed E-state index contributed by atoms with van der Waals surface area (Å²) in [6.07, 6.45) is -5.14. The van der Waals surface area contributed by atoms with Crippen LogP contribution in [-0.2, 0) is 9.53 Å². The largest absolute Gasteiger partial charge is 0.422 e. The Kier molecular flexibility index (Phi) is 4.65. The number of aromatic nitrogens is 1. The van der Waals surface area contributed by atoms with Crippen LogP contribution >= 0.6 is 0 Å². The number of benzene rings is 1. The summed E-state index contributed by atoms with van der Waals surface area (Å²) in [5, 5.41) is 32.3. The van der Waals surface area contributed by atoms with Gasteiger partial charge < -0.3 is 29.8 Å². The molecule has 1 aliphatic rings. The summed E-state index contributed by atoms with van der Waals surface area (Å²) in [6.45, 7) is 2.52. The van der Waals surface area contributed by atoms with Gasteiger partial charge in [-0.3, -0.25) is 4.79 Å². The van der Waals surface area contributed by atoms with Crippen molar-refractivity contribution in [3.63, 3.8) is 0 Å². The normalized spacial score (nSPS) is 29.7. The molecule has 0 spiro atoms. The lowest BCUT2D eigenvalue weighted by Gasteiger charge is -2.42. The van der Waals surface area contributed by atoms with Crippen molar-refractivity contribution in [2.45, 2.75) is 44.4 Å². The molecule has 1 aromatic carbocycles. The number of aliphatic hydroxyl groups is 3. The summed E-state index contributed by atoms with van der Waals surface area (Å²) >= 11 is 0. The molecule has 4 N–H and O–H groups in total. The van der Waals surface area contributed by atoms with Crippen molar-refractivity contribution in [2.75, 3.05) is 6.61 Å². The Labute approximate surface area is 142 Å². The van der Waals surface area contributed by atoms with E-state index in [2.05, 4.69) is 5.32 Å². The lowest BCUT2D eigenvalue weighted by Crippen LogP contribution is -2.62. The van der Waals surface area contributed by atoms with Crippen LogP contribution in [0.15, 0.2) is 27.4 Å². The molecule has 0 unspecified atom stereocenters. The Morgan fingerprint density at radius 3 is 2.68 bits per heavy atom. The highest BCUT2D eigenvalue weighted by atomic mass is 16.5. The summed E-state index contributed by atoms with van der Waals surface area (Å²) in [5.41, 5.74) is 1.61. The van der Waals surface area contributed by atoms with E-state index in [-0.39, 0.29) is 0 Å². The first-order valence-electron chi connectivity index (χ1n) is 7.84. The van der Waals surface area contributed by atoms with Crippen molar-refractivity contribution in [3.8, 4) is 0 Å². The molecule has 1 aromatic heterocycles. The molecule has 9 nitrogen and oxygen atoms in total. The van der Waals surface area contributed by atoms with E-state index in [0.29, 0.717) is 11.1 Å². The first kappa shape index (κ1) is 17.6. The molecule has 5 atom stereocenters. The molecule has 2 aromatic rings. The maximum absolute atomic E-state index is 12.4. The van der Waals surface area contributed by atoms with Crippen molar-refractivity contribution in [3.05, 3.63) is 34.3 Å². The van der Waals surface area contributed by atoms with Gasteiger partial charge in [0.2, 0.25) is 5.91 Å². The Hall–Kier alpha value is -2.20. The zero-order chi connectivity index (χ0) is 18.3. The molecule has 9 heteroatoms. The molecule has 1 fully saturated rings. The molecule has 0 bridgehead atoms. The van der Waals surface area contributed by atoms with Crippen LogP contribution in [0.1, 0.15) is 18.7 Å². The van der Waals surface area contributed by atoms with E-state index in [4.69, 9.17) is 9.15 Å². The minimum absolute atomic E-state index is 0.321. The zero-order valence-electron chi connectivity index (χ0n) is 13.7. The third kappa shape index (κ3) is 3.07. The third-order valence-electron chi connectivity index (χ3n) is 4.29. The van der Waals surface area contributed by atoms with Crippen LogP contribution in [-0.4, -0.2) is 56.8 Å². The topological polar surface area (TPSA) is 134 Å². The molecule has 0 saturated carbocycles. The van der Waals surface area contributed by atoms with Crippen LogP contribution in [0, 0.1) is 6.92 Å². The number of nitrogens with zero attached hydrogens (tertiary/aromatic N) is 1. The average Bonchev–Trinajstić information content (AvgIpc) is 2.87. The Morgan fingerprint density at radius 1 is 1.32 bits per heavy atom. The number of nitrogens with one attached hydrogen (secondary N) is 1. The Balaban J connectivity index is 2.14. The standard InChI is InChI=1S/C16H20N2O7/c1-7-3-4-10-9(5-7)18(16(23)25-10)15-12(17-8(2)20)14(22)13(21)11(6-19)24-15/h3-5,11-15,19,21-22H,6H2,1-2H3,(H,17,20)/t11-,12-,13+,14-,15-/m0/s1. The molecule has 136 valence electrons. The van der Waals surface area contributed by atoms with E-state index in [1.54, 1.807) is 18.2 Å². The fourth-order valence-electron chi connectivity index (χ4n) is 3.09. The Morgan fingerprint density at radius 2 is 2.04 bits per heavy atom. The van der Waals surface area contributed by atoms with Crippen LogP contribution in [0.5, 0.6) is 0 Å². The smallest absolute Gasteiger partial charge is 0.408 e. The maximum Gasteiger partial charge on any atom is 0.422 e. The van der Waals surface area contributed by atoms with Crippen molar-refractivity contribution < 1.29 is 29.3 Å². The predicted octanol–water partition coefficient (Wildman–Crippen LogP) is -0.981. The van der Waals surface area contributed by atoms with Crippen molar-refractivity contribution in [2.24, 2.45) is 0 Å².